The third kappa shape index (κ3) is 2.72. The maximum absolute atomic E-state index is 5.38. The van der Waals surface area contributed by atoms with E-state index in [4.69, 9.17) is 4.74 Å². The molecular formula is C13H21NO. The molecule has 84 valence electrons. The van der Waals surface area contributed by atoms with E-state index < -0.39 is 0 Å². The summed E-state index contributed by atoms with van der Waals surface area (Å²) < 4.78 is 5.38. The monoisotopic (exact) mass is 207 g/mol. The molecule has 0 aliphatic carbocycles. The van der Waals surface area contributed by atoms with Gasteiger partial charge in [-0.25, -0.2) is 0 Å². The van der Waals surface area contributed by atoms with Crippen molar-refractivity contribution >= 4 is 0 Å². The second kappa shape index (κ2) is 4.67. The molecule has 0 radical (unpaired) electrons. The first-order valence-corrected chi connectivity index (χ1v) is 5.31. The topological polar surface area (TPSA) is 21.3 Å². The number of hydrogen-bond donors (Lipinski definition) is 1. The van der Waals surface area contributed by atoms with Crippen LogP contribution < -0.4 is 10.1 Å². The summed E-state index contributed by atoms with van der Waals surface area (Å²) in [6, 6.07) is 8.47. The van der Waals surface area contributed by atoms with Crippen LogP contribution in [0.25, 0.3) is 0 Å². The Morgan fingerprint density at radius 2 is 1.80 bits per heavy atom. The van der Waals surface area contributed by atoms with Gasteiger partial charge in [0.05, 0.1) is 7.11 Å². The van der Waals surface area contributed by atoms with Crippen LogP contribution in [0.2, 0.25) is 0 Å². The fraction of sp³-hybridized carbons (Fsp3) is 0.538. The summed E-state index contributed by atoms with van der Waals surface area (Å²) in [7, 11) is 3.70. The van der Waals surface area contributed by atoms with Crippen LogP contribution in [-0.4, -0.2) is 14.2 Å². The highest BCUT2D eigenvalue weighted by atomic mass is 16.5. The highest BCUT2D eigenvalue weighted by Crippen LogP contribution is 2.36. The third-order valence-corrected chi connectivity index (χ3v) is 2.60. The molecule has 0 heterocycles. The summed E-state index contributed by atoms with van der Waals surface area (Å²) in [6.07, 6.45) is 0. The van der Waals surface area contributed by atoms with E-state index in [1.54, 1.807) is 7.11 Å². The average Bonchev–Trinajstić information content (AvgIpc) is 2.17. The van der Waals surface area contributed by atoms with Gasteiger partial charge in [-0.1, -0.05) is 39.0 Å². The van der Waals surface area contributed by atoms with E-state index in [9.17, 15) is 0 Å². The smallest absolute Gasteiger partial charge is 0.123 e. The predicted molar refractivity (Wildman–Crippen MR) is 64.2 cm³/mol. The minimum atomic E-state index is 0.170. The number of nitrogens with one attached hydrogen (secondary N) is 1. The Morgan fingerprint density at radius 1 is 1.20 bits per heavy atom. The van der Waals surface area contributed by atoms with E-state index in [2.05, 4.69) is 32.2 Å². The van der Waals surface area contributed by atoms with Crippen LogP contribution in [0.3, 0.4) is 0 Å². The number of hydrogen-bond acceptors (Lipinski definition) is 2. The van der Waals surface area contributed by atoms with Gasteiger partial charge in [0.1, 0.15) is 5.75 Å². The van der Waals surface area contributed by atoms with Gasteiger partial charge >= 0.3 is 0 Å². The van der Waals surface area contributed by atoms with E-state index in [-0.39, 0.29) is 5.41 Å². The fourth-order valence-electron chi connectivity index (χ4n) is 1.96. The molecule has 0 amide bonds. The molecule has 1 aromatic rings. The van der Waals surface area contributed by atoms with Crippen LogP contribution >= 0.6 is 0 Å². The molecule has 15 heavy (non-hydrogen) atoms. The van der Waals surface area contributed by atoms with E-state index in [0.29, 0.717) is 6.04 Å². The predicted octanol–water partition coefficient (Wildman–Crippen LogP) is 3.00. The zero-order valence-electron chi connectivity index (χ0n) is 10.3. The molecule has 2 heteroatoms. The van der Waals surface area contributed by atoms with Crippen LogP contribution in [0.15, 0.2) is 24.3 Å². The van der Waals surface area contributed by atoms with Gasteiger partial charge in [-0.05, 0) is 18.5 Å². The minimum Gasteiger partial charge on any atom is -0.496 e. The molecule has 1 unspecified atom stereocenters. The highest BCUT2D eigenvalue weighted by molar-refractivity contribution is 5.36. The van der Waals surface area contributed by atoms with E-state index in [1.165, 1.54) is 5.56 Å². The lowest BCUT2D eigenvalue weighted by molar-refractivity contribution is 0.278. The number of ether oxygens (including phenoxy) is 1. The van der Waals surface area contributed by atoms with Crippen molar-refractivity contribution in [3.8, 4) is 5.75 Å². The van der Waals surface area contributed by atoms with Gasteiger partial charge in [0.15, 0.2) is 0 Å². The van der Waals surface area contributed by atoms with Crippen LogP contribution in [-0.2, 0) is 0 Å². The van der Waals surface area contributed by atoms with Crippen molar-refractivity contribution in [1.82, 2.24) is 5.32 Å². The molecular weight excluding hydrogens is 186 g/mol. The Morgan fingerprint density at radius 3 is 2.27 bits per heavy atom. The van der Waals surface area contributed by atoms with Gasteiger partial charge in [-0.2, -0.15) is 0 Å². The molecule has 0 aliphatic heterocycles. The van der Waals surface area contributed by atoms with Crippen molar-refractivity contribution in [2.45, 2.75) is 26.8 Å². The van der Waals surface area contributed by atoms with E-state index in [0.717, 1.165) is 5.75 Å². The van der Waals surface area contributed by atoms with Gasteiger partial charge in [-0.3, -0.25) is 0 Å². The Bertz CT molecular complexity index is 315. The average molecular weight is 207 g/mol. The molecule has 0 fully saturated rings. The molecule has 0 spiro atoms. The summed E-state index contributed by atoms with van der Waals surface area (Å²) in [4.78, 5) is 0. The van der Waals surface area contributed by atoms with Crippen molar-refractivity contribution in [2.24, 2.45) is 5.41 Å². The Labute approximate surface area is 92.6 Å². The summed E-state index contributed by atoms with van der Waals surface area (Å²) in [5.41, 5.74) is 1.39. The summed E-state index contributed by atoms with van der Waals surface area (Å²) in [6.45, 7) is 6.67. The first kappa shape index (κ1) is 12.1. The summed E-state index contributed by atoms with van der Waals surface area (Å²) in [5, 5.41) is 3.35. The van der Waals surface area contributed by atoms with Crippen molar-refractivity contribution < 1.29 is 4.74 Å². The lowest BCUT2D eigenvalue weighted by Crippen LogP contribution is -2.29. The van der Waals surface area contributed by atoms with Crippen LogP contribution in [0.5, 0.6) is 5.75 Å². The van der Waals surface area contributed by atoms with Crippen LogP contribution in [0.4, 0.5) is 0 Å². The first-order valence-electron chi connectivity index (χ1n) is 5.31. The Hall–Kier alpha value is -1.02. The lowest BCUT2D eigenvalue weighted by atomic mass is 9.82. The first-order chi connectivity index (χ1) is 7.00. The van der Waals surface area contributed by atoms with Crippen molar-refractivity contribution in [3.63, 3.8) is 0 Å². The summed E-state index contributed by atoms with van der Waals surface area (Å²) in [5.74, 6) is 0.951. The number of methoxy groups -OCH3 is 1. The maximum Gasteiger partial charge on any atom is 0.123 e. The molecule has 2 nitrogen and oxygen atoms in total. The van der Waals surface area contributed by atoms with E-state index in [1.807, 2.05) is 25.2 Å². The minimum absolute atomic E-state index is 0.170. The van der Waals surface area contributed by atoms with Crippen molar-refractivity contribution in [3.05, 3.63) is 29.8 Å². The Kier molecular flexibility index (Phi) is 3.75. The van der Waals surface area contributed by atoms with Gasteiger partial charge in [0.25, 0.3) is 0 Å². The quantitative estimate of drug-likeness (QED) is 0.822. The SMILES string of the molecule is CNC(c1ccccc1OC)C(C)(C)C. The fourth-order valence-corrected chi connectivity index (χ4v) is 1.96. The molecule has 0 saturated carbocycles. The number of benzene rings is 1. The van der Waals surface area contributed by atoms with Crippen molar-refractivity contribution in [1.29, 1.82) is 0 Å². The Balaban J connectivity index is 3.12. The molecule has 1 N–H and O–H groups in total. The normalized spacial score (nSPS) is 13.7. The zero-order chi connectivity index (χ0) is 11.5. The molecule has 0 saturated heterocycles. The second-order valence-corrected chi connectivity index (χ2v) is 4.83. The third-order valence-electron chi connectivity index (χ3n) is 2.60. The van der Waals surface area contributed by atoms with Crippen molar-refractivity contribution in [2.75, 3.05) is 14.2 Å². The molecule has 1 rings (SSSR count). The molecule has 0 bridgehead atoms. The standard InChI is InChI=1S/C13H21NO/c1-13(2,3)12(14-4)10-8-6-7-9-11(10)15-5/h6-9,12,14H,1-5H3. The van der Waals surface area contributed by atoms with Crippen LogP contribution in [0.1, 0.15) is 32.4 Å². The van der Waals surface area contributed by atoms with Crippen LogP contribution in [0, 0.1) is 5.41 Å². The second-order valence-electron chi connectivity index (χ2n) is 4.83. The van der Waals surface area contributed by atoms with E-state index >= 15 is 0 Å². The molecule has 1 atom stereocenters. The van der Waals surface area contributed by atoms with Gasteiger partial charge < -0.3 is 10.1 Å². The zero-order valence-corrected chi connectivity index (χ0v) is 10.3. The van der Waals surface area contributed by atoms with Gasteiger partial charge in [0, 0.05) is 11.6 Å². The molecule has 0 aliphatic rings. The molecule has 0 aromatic heterocycles. The largest absolute Gasteiger partial charge is 0.496 e. The van der Waals surface area contributed by atoms with Gasteiger partial charge in [-0.15, -0.1) is 0 Å². The number of para-hydroxylation sites is 1. The maximum atomic E-state index is 5.38. The molecule has 1 aromatic carbocycles. The lowest BCUT2D eigenvalue weighted by Gasteiger charge is -2.31. The highest BCUT2D eigenvalue weighted by Gasteiger charge is 2.26. The summed E-state index contributed by atoms with van der Waals surface area (Å²) >= 11 is 0. The van der Waals surface area contributed by atoms with Gasteiger partial charge in [0.2, 0.25) is 0 Å². The number of rotatable bonds is 3.